The first-order chi connectivity index (χ1) is 9.70. The first-order valence-electron chi connectivity index (χ1n) is 6.30. The van der Waals surface area contributed by atoms with Crippen molar-refractivity contribution < 1.29 is 36.3 Å². The van der Waals surface area contributed by atoms with Crippen LogP contribution in [0.25, 0.3) is 0 Å². The summed E-state index contributed by atoms with van der Waals surface area (Å²) in [5.41, 5.74) is 0. The molecule has 0 aromatic heterocycles. The third-order valence-corrected chi connectivity index (χ3v) is 3.50. The number of carbonyl (C=O) groups is 2. The highest BCUT2D eigenvalue weighted by molar-refractivity contribution is 5.90. The van der Waals surface area contributed by atoms with Crippen LogP contribution in [0.2, 0.25) is 0 Å². The van der Waals surface area contributed by atoms with E-state index in [2.05, 4.69) is 4.74 Å². The fourth-order valence-electron chi connectivity index (χ4n) is 2.49. The van der Waals surface area contributed by atoms with E-state index in [0.29, 0.717) is 11.3 Å². The maximum Gasteiger partial charge on any atom is 0.471 e. The Hall–Kier alpha value is -1.45. The SMILES string of the molecule is O=C(C1CCCN1C(=O)C(F)(F)F)N1CC(OC(F)F)C1. The number of amides is 2. The van der Waals surface area contributed by atoms with Crippen LogP contribution >= 0.6 is 0 Å². The summed E-state index contributed by atoms with van der Waals surface area (Å²) in [7, 11) is 0. The largest absolute Gasteiger partial charge is 0.471 e. The van der Waals surface area contributed by atoms with Crippen LogP contribution < -0.4 is 0 Å². The highest BCUT2D eigenvalue weighted by Gasteiger charge is 2.49. The van der Waals surface area contributed by atoms with Crippen molar-refractivity contribution in [2.45, 2.75) is 37.8 Å². The van der Waals surface area contributed by atoms with E-state index in [-0.39, 0.29) is 26.1 Å². The van der Waals surface area contributed by atoms with Crippen LogP contribution in [-0.2, 0) is 14.3 Å². The maximum absolute atomic E-state index is 12.4. The molecule has 0 N–H and O–H groups in total. The molecule has 2 heterocycles. The minimum absolute atomic E-state index is 0.103. The average molecular weight is 316 g/mol. The molecule has 2 saturated heterocycles. The summed E-state index contributed by atoms with van der Waals surface area (Å²) in [4.78, 5) is 24.9. The van der Waals surface area contributed by atoms with Crippen LogP contribution in [0.3, 0.4) is 0 Å². The van der Waals surface area contributed by atoms with E-state index in [1.54, 1.807) is 0 Å². The highest BCUT2D eigenvalue weighted by atomic mass is 19.4. The smallest absolute Gasteiger partial charge is 0.336 e. The average Bonchev–Trinajstić information content (AvgIpc) is 2.78. The minimum Gasteiger partial charge on any atom is -0.336 e. The van der Waals surface area contributed by atoms with Crippen LogP contribution in [0.5, 0.6) is 0 Å². The summed E-state index contributed by atoms with van der Waals surface area (Å²) in [6.45, 7) is -3.30. The molecule has 0 saturated carbocycles. The zero-order chi connectivity index (χ0) is 15.8. The van der Waals surface area contributed by atoms with Crippen molar-refractivity contribution in [3.63, 3.8) is 0 Å². The van der Waals surface area contributed by atoms with Gasteiger partial charge in [0, 0.05) is 19.6 Å². The molecular weight excluding hydrogens is 303 g/mol. The Kier molecular flexibility index (Phi) is 4.35. The van der Waals surface area contributed by atoms with Gasteiger partial charge >= 0.3 is 18.7 Å². The van der Waals surface area contributed by atoms with Crippen molar-refractivity contribution >= 4 is 11.8 Å². The fourth-order valence-corrected chi connectivity index (χ4v) is 2.49. The van der Waals surface area contributed by atoms with Crippen molar-refractivity contribution in [3.05, 3.63) is 0 Å². The Balaban J connectivity index is 1.92. The molecule has 5 nitrogen and oxygen atoms in total. The number of hydrogen-bond acceptors (Lipinski definition) is 3. The molecule has 0 radical (unpaired) electrons. The molecule has 0 aromatic carbocycles. The van der Waals surface area contributed by atoms with Gasteiger partial charge in [-0.2, -0.15) is 22.0 Å². The highest BCUT2D eigenvalue weighted by Crippen LogP contribution is 2.28. The van der Waals surface area contributed by atoms with Crippen molar-refractivity contribution in [2.24, 2.45) is 0 Å². The van der Waals surface area contributed by atoms with Crippen LogP contribution in [0.4, 0.5) is 22.0 Å². The second-order valence-corrected chi connectivity index (χ2v) is 4.92. The third kappa shape index (κ3) is 3.42. The van der Waals surface area contributed by atoms with E-state index in [9.17, 15) is 31.5 Å². The van der Waals surface area contributed by atoms with Gasteiger partial charge in [0.15, 0.2) is 0 Å². The quantitative estimate of drug-likeness (QED) is 0.730. The molecule has 2 aliphatic heterocycles. The summed E-state index contributed by atoms with van der Waals surface area (Å²) in [6, 6.07) is -1.17. The Morgan fingerprint density at radius 1 is 1.19 bits per heavy atom. The molecule has 1 atom stereocenters. The molecule has 2 aliphatic rings. The summed E-state index contributed by atoms with van der Waals surface area (Å²) >= 11 is 0. The van der Waals surface area contributed by atoms with E-state index in [4.69, 9.17) is 0 Å². The van der Waals surface area contributed by atoms with Gasteiger partial charge in [0.25, 0.3) is 0 Å². The number of carbonyl (C=O) groups excluding carboxylic acids is 2. The van der Waals surface area contributed by atoms with E-state index >= 15 is 0 Å². The number of hydrogen-bond donors (Lipinski definition) is 0. The number of alkyl halides is 5. The maximum atomic E-state index is 12.4. The first kappa shape index (κ1) is 15.9. The number of halogens is 5. The van der Waals surface area contributed by atoms with E-state index < -0.39 is 36.7 Å². The Morgan fingerprint density at radius 2 is 1.81 bits per heavy atom. The Bertz CT molecular complexity index is 423. The molecule has 0 bridgehead atoms. The summed E-state index contributed by atoms with van der Waals surface area (Å²) in [5.74, 6) is -2.70. The molecule has 2 rings (SSSR count). The molecule has 120 valence electrons. The van der Waals surface area contributed by atoms with Gasteiger partial charge in [-0.15, -0.1) is 0 Å². The third-order valence-electron chi connectivity index (χ3n) is 3.50. The van der Waals surface area contributed by atoms with Gasteiger partial charge in [-0.25, -0.2) is 0 Å². The number of rotatable bonds is 3. The first-order valence-corrected chi connectivity index (χ1v) is 6.30. The topological polar surface area (TPSA) is 49.9 Å². The monoisotopic (exact) mass is 316 g/mol. The predicted molar refractivity (Wildman–Crippen MR) is 58.2 cm³/mol. The summed E-state index contributed by atoms with van der Waals surface area (Å²) in [5, 5.41) is 0. The van der Waals surface area contributed by atoms with Crippen LogP contribution in [0.15, 0.2) is 0 Å². The second kappa shape index (κ2) is 5.74. The van der Waals surface area contributed by atoms with Gasteiger partial charge < -0.3 is 14.5 Å². The zero-order valence-electron chi connectivity index (χ0n) is 10.8. The second-order valence-electron chi connectivity index (χ2n) is 4.92. The van der Waals surface area contributed by atoms with Crippen molar-refractivity contribution in [1.82, 2.24) is 9.80 Å². The van der Waals surface area contributed by atoms with E-state index in [1.165, 1.54) is 0 Å². The number of nitrogens with zero attached hydrogens (tertiary/aromatic N) is 2. The van der Waals surface area contributed by atoms with Gasteiger partial charge in [-0.3, -0.25) is 9.59 Å². The molecule has 21 heavy (non-hydrogen) atoms. The lowest BCUT2D eigenvalue weighted by Crippen LogP contribution is -2.60. The fraction of sp³-hybridized carbons (Fsp3) is 0.818. The standard InChI is InChI=1S/C11H13F5N2O3/c12-10(13)21-6-4-17(5-6)8(19)7-2-1-3-18(7)9(20)11(14,15)16/h6-7,10H,1-5H2. The molecule has 0 spiro atoms. The lowest BCUT2D eigenvalue weighted by molar-refractivity contribution is -0.202. The lowest BCUT2D eigenvalue weighted by Gasteiger charge is -2.41. The summed E-state index contributed by atoms with van der Waals surface area (Å²) in [6.07, 6.45) is -5.42. The van der Waals surface area contributed by atoms with Crippen molar-refractivity contribution in [2.75, 3.05) is 19.6 Å². The molecule has 2 amide bonds. The molecule has 0 aliphatic carbocycles. The van der Waals surface area contributed by atoms with Gasteiger partial charge in [-0.05, 0) is 12.8 Å². The minimum atomic E-state index is -5.03. The molecule has 0 aromatic rings. The van der Waals surface area contributed by atoms with E-state index in [1.807, 2.05) is 0 Å². The van der Waals surface area contributed by atoms with Crippen LogP contribution in [0.1, 0.15) is 12.8 Å². The molecular formula is C11H13F5N2O3. The normalized spacial score (nSPS) is 23.6. The summed E-state index contributed by atoms with van der Waals surface area (Å²) < 4.78 is 65.3. The number of ether oxygens (including phenoxy) is 1. The lowest BCUT2D eigenvalue weighted by atomic mass is 10.1. The van der Waals surface area contributed by atoms with Crippen molar-refractivity contribution in [1.29, 1.82) is 0 Å². The van der Waals surface area contributed by atoms with Gasteiger partial charge in [0.05, 0.1) is 6.10 Å². The number of likely N-dealkylation sites (tertiary alicyclic amines) is 2. The van der Waals surface area contributed by atoms with Crippen molar-refractivity contribution in [3.8, 4) is 0 Å². The van der Waals surface area contributed by atoms with Gasteiger partial charge in [0.2, 0.25) is 5.91 Å². The zero-order valence-corrected chi connectivity index (χ0v) is 10.8. The Labute approximate surface area is 116 Å². The van der Waals surface area contributed by atoms with Gasteiger partial charge in [-0.1, -0.05) is 0 Å². The van der Waals surface area contributed by atoms with E-state index in [0.717, 1.165) is 4.90 Å². The molecule has 1 unspecified atom stereocenters. The van der Waals surface area contributed by atoms with Gasteiger partial charge in [0.1, 0.15) is 6.04 Å². The molecule has 10 heteroatoms. The Morgan fingerprint density at radius 3 is 2.33 bits per heavy atom. The van der Waals surface area contributed by atoms with Crippen LogP contribution in [-0.4, -0.2) is 66.2 Å². The van der Waals surface area contributed by atoms with Crippen LogP contribution in [0, 0.1) is 0 Å². The predicted octanol–water partition coefficient (Wildman–Crippen LogP) is 0.990. The molecule has 2 fully saturated rings.